The number of hydrogen-bond acceptors (Lipinski definition) is 3. The topological polar surface area (TPSA) is 63.3 Å². The lowest BCUT2D eigenvalue weighted by atomic mass is 9.91. The van der Waals surface area contributed by atoms with Crippen LogP contribution >= 0.6 is 11.3 Å². The van der Waals surface area contributed by atoms with Gasteiger partial charge in [-0.2, -0.15) is 0 Å². The number of nitrogen functional groups attached to an aromatic ring is 1. The number of carboxylic acid groups (broad SMARTS) is 1. The van der Waals surface area contributed by atoms with Crippen molar-refractivity contribution in [2.24, 2.45) is 5.92 Å². The van der Waals surface area contributed by atoms with Crippen LogP contribution in [-0.2, 0) is 0 Å². The molecular weight excluding hydrogens is 260 g/mol. The Bertz CT molecular complexity index is 575. The number of halogens is 2. The van der Waals surface area contributed by atoms with Crippen LogP contribution in [0.15, 0.2) is 23.1 Å². The summed E-state index contributed by atoms with van der Waals surface area (Å²) in [6, 6.07) is 0. The zero-order chi connectivity index (χ0) is 13.4. The average molecular weight is 271 g/mol. The molecule has 0 spiro atoms. The van der Waals surface area contributed by atoms with Gasteiger partial charge >= 0.3 is 5.97 Å². The molecule has 0 saturated heterocycles. The predicted octanol–water partition coefficient (Wildman–Crippen LogP) is 3.60. The number of anilines is 1. The van der Waals surface area contributed by atoms with Gasteiger partial charge in [-0.1, -0.05) is 13.0 Å². The molecule has 1 atom stereocenters. The van der Waals surface area contributed by atoms with Gasteiger partial charge in [0.1, 0.15) is 16.4 Å². The maximum Gasteiger partial charge on any atom is 0.339 e. The van der Waals surface area contributed by atoms with Crippen molar-refractivity contribution in [3.05, 3.63) is 34.2 Å². The van der Waals surface area contributed by atoms with Gasteiger partial charge in [-0.05, 0) is 6.42 Å². The van der Waals surface area contributed by atoms with E-state index in [1.807, 2.05) is 0 Å². The largest absolute Gasteiger partial charge is 0.478 e. The summed E-state index contributed by atoms with van der Waals surface area (Å²) >= 11 is 1.00. The first-order chi connectivity index (χ1) is 8.43. The Morgan fingerprint density at radius 1 is 1.56 bits per heavy atom. The predicted molar refractivity (Wildman–Crippen MR) is 66.7 cm³/mol. The molecule has 0 aliphatic heterocycles. The van der Waals surface area contributed by atoms with Gasteiger partial charge in [0.2, 0.25) is 0 Å². The minimum atomic E-state index is -1.24. The number of carbonyl (C=O) groups is 1. The smallest absolute Gasteiger partial charge is 0.339 e. The minimum Gasteiger partial charge on any atom is -0.478 e. The van der Waals surface area contributed by atoms with Crippen molar-refractivity contribution in [1.29, 1.82) is 0 Å². The Morgan fingerprint density at radius 2 is 2.22 bits per heavy atom. The molecule has 1 aliphatic rings. The van der Waals surface area contributed by atoms with Gasteiger partial charge in [0.05, 0.1) is 0 Å². The van der Waals surface area contributed by atoms with Gasteiger partial charge in [-0.25, -0.2) is 13.6 Å². The van der Waals surface area contributed by atoms with Gasteiger partial charge in [0, 0.05) is 22.4 Å². The maximum atomic E-state index is 13.8. The van der Waals surface area contributed by atoms with Gasteiger partial charge in [-0.15, -0.1) is 11.3 Å². The summed E-state index contributed by atoms with van der Waals surface area (Å²) in [6.45, 7) is 1.57. The van der Waals surface area contributed by atoms with Crippen LogP contribution in [0.2, 0.25) is 0 Å². The molecule has 0 aromatic carbocycles. The Hall–Kier alpha value is -1.69. The molecule has 3 N–H and O–H groups in total. The van der Waals surface area contributed by atoms with Crippen molar-refractivity contribution in [3.63, 3.8) is 0 Å². The molecule has 1 aliphatic carbocycles. The van der Waals surface area contributed by atoms with E-state index in [-0.39, 0.29) is 21.7 Å². The normalized spacial score (nSPS) is 19.9. The summed E-state index contributed by atoms with van der Waals surface area (Å²) < 4.78 is 27.4. The summed E-state index contributed by atoms with van der Waals surface area (Å²) in [5.41, 5.74) is 5.50. The molecule has 1 heterocycles. The van der Waals surface area contributed by atoms with E-state index >= 15 is 0 Å². The first-order valence-electron chi connectivity index (χ1n) is 5.29. The van der Waals surface area contributed by atoms with E-state index in [2.05, 4.69) is 0 Å². The van der Waals surface area contributed by atoms with E-state index in [9.17, 15) is 13.6 Å². The number of hydrogen-bond donors (Lipinski definition) is 2. The lowest BCUT2D eigenvalue weighted by Gasteiger charge is -2.16. The standard InChI is InChI=1S/C12H11F2NO2S/c1-5-2-3-6(10(14)9(5)13)7-4-18-11(15)8(7)12(16)17/h3-5H,2,15H2,1H3,(H,16,17). The summed E-state index contributed by atoms with van der Waals surface area (Å²) in [7, 11) is 0. The molecule has 0 bridgehead atoms. The summed E-state index contributed by atoms with van der Waals surface area (Å²) in [5, 5.41) is 10.6. The van der Waals surface area contributed by atoms with Gasteiger partial charge in [0.25, 0.3) is 0 Å². The number of carboxylic acids is 1. The molecular formula is C12H11F2NO2S. The van der Waals surface area contributed by atoms with E-state index in [4.69, 9.17) is 10.8 Å². The molecule has 1 aromatic heterocycles. The molecule has 6 heteroatoms. The number of allylic oxidation sites excluding steroid dienone is 4. The van der Waals surface area contributed by atoms with Crippen LogP contribution in [0.4, 0.5) is 13.8 Å². The molecule has 96 valence electrons. The monoisotopic (exact) mass is 271 g/mol. The highest BCUT2D eigenvalue weighted by Gasteiger charge is 2.27. The molecule has 18 heavy (non-hydrogen) atoms. The second kappa shape index (κ2) is 4.53. The van der Waals surface area contributed by atoms with E-state index < -0.39 is 23.5 Å². The van der Waals surface area contributed by atoms with Crippen LogP contribution in [-0.4, -0.2) is 11.1 Å². The highest BCUT2D eigenvalue weighted by atomic mass is 32.1. The SMILES string of the molecule is CC1CC=C(c2csc(N)c2C(=O)O)C(F)=C1F. The second-order valence-electron chi connectivity index (χ2n) is 4.11. The third-order valence-corrected chi connectivity index (χ3v) is 3.69. The van der Waals surface area contributed by atoms with Crippen LogP contribution in [0.1, 0.15) is 29.3 Å². The lowest BCUT2D eigenvalue weighted by Crippen LogP contribution is -2.07. The summed E-state index contributed by atoms with van der Waals surface area (Å²) in [4.78, 5) is 11.1. The lowest BCUT2D eigenvalue weighted by molar-refractivity contribution is 0.0698. The number of nitrogens with two attached hydrogens (primary N) is 1. The number of thiophene rings is 1. The fourth-order valence-corrected chi connectivity index (χ4v) is 2.66. The van der Waals surface area contributed by atoms with Crippen LogP contribution < -0.4 is 5.73 Å². The Balaban J connectivity index is 2.55. The van der Waals surface area contributed by atoms with Crippen molar-refractivity contribution < 1.29 is 18.7 Å². The van der Waals surface area contributed by atoms with Gasteiger partial charge < -0.3 is 10.8 Å². The van der Waals surface area contributed by atoms with E-state index in [1.54, 1.807) is 6.92 Å². The molecule has 0 amide bonds. The molecule has 0 saturated carbocycles. The second-order valence-corrected chi connectivity index (χ2v) is 5.02. The van der Waals surface area contributed by atoms with Crippen LogP contribution in [0.25, 0.3) is 5.57 Å². The van der Waals surface area contributed by atoms with Crippen LogP contribution in [0, 0.1) is 5.92 Å². The zero-order valence-corrected chi connectivity index (χ0v) is 10.4. The third kappa shape index (κ3) is 1.92. The summed E-state index contributed by atoms with van der Waals surface area (Å²) in [5.74, 6) is -3.59. The van der Waals surface area contributed by atoms with Crippen molar-refractivity contribution in [3.8, 4) is 0 Å². The zero-order valence-electron chi connectivity index (χ0n) is 9.54. The van der Waals surface area contributed by atoms with Crippen LogP contribution in [0.5, 0.6) is 0 Å². The van der Waals surface area contributed by atoms with Gasteiger partial charge in [0.15, 0.2) is 5.83 Å². The van der Waals surface area contributed by atoms with Crippen molar-refractivity contribution in [1.82, 2.24) is 0 Å². The molecule has 0 radical (unpaired) electrons. The molecule has 3 nitrogen and oxygen atoms in total. The number of aromatic carboxylic acids is 1. The van der Waals surface area contributed by atoms with Crippen molar-refractivity contribution in [2.75, 3.05) is 5.73 Å². The number of rotatable bonds is 2. The maximum absolute atomic E-state index is 13.8. The average Bonchev–Trinajstić information content (AvgIpc) is 2.68. The molecule has 1 aromatic rings. The first-order valence-corrected chi connectivity index (χ1v) is 6.17. The fourth-order valence-electron chi connectivity index (χ4n) is 1.85. The Kier molecular flexibility index (Phi) is 3.21. The third-order valence-electron chi connectivity index (χ3n) is 2.88. The minimum absolute atomic E-state index is 0.0176. The molecule has 1 unspecified atom stereocenters. The Morgan fingerprint density at radius 3 is 2.83 bits per heavy atom. The van der Waals surface area contributed by atoms with Crippen LogP contribution in [0.3, 0.4) is 0 Å². The quantitative estimate of drug-likeness (QED) is 0.863. The van der Waals surface area contributed by atoms with Crippen molar-refractivity contribution in [2.45, 2.75) is 13.3 Å². The fraction of sp³-hybridized carbons (Fsp3) is 0.250. The van der Waals surface area contributed by atoms with Gasteiger partial charge in [-0.3, -0.25) is 0 Å². The highest BCUT2D eigenvalue weighted by Crippen LogP contribution is 2.40. The first kappa shape index (κ1) is 12.8. The Labute approximate surface area is 106 Å². The summed E-state index contributed by atoms with van der Waals surface area (Å²) in [6.07, 6.45) is 1.85. The van der Waals surface area contributed by atoms with E-state index in [0.29, 0.717) is 6.42 Å². The van der Waals surface area contributed by atoms with E-state index in [1.165, 1.54) is 11.5 Å². The van der Waals surface area contributed by atoms with Crippen molar-refractivity contribution >= 4 is 27.9 Å². The van der Waals surface area contributed by atoms with E-state index in [0.717, 1.165) is 11.3 Å². The molecule has 2 rings (SSSR count). The highest BCUT2D eigenvalue weighted by molar-refractivity contribution is 7.14. The molecule has 0 fully saturated rings.